The first-order valence-corrected chi connectivity index (χ1v) is 10.4. The molecular formula is C25H21ClN2O3. The summed E-state index contributed by atoms with van der Waals surface area (Å²) in [7, 11) is 0. The fourth-order valence-corrected chi connectivity index (χ4v) is 3.49. The molecule has 156 valence electrons. The molecule has 0 saturated carbocycles. The number of benzene rings is 3. The van der Waals surface area contributed by atoms with Gasteiger partial charge in [-0.2, -0.15) is 0 Å². The number of nitrogens with one attached hydrogen (secondary N) is 2. The maximum Gasteiger partial charge on any atom is 0.291 e. The van der Waals surface area contributed by atoms with Crippen molar-refractivity contribution < 1.29 is 14.3 Å². The monoisotopic (exact) mass is 432 g/mol. The fourth-order valence-electron chi connectivity index (χ4n) is 3.29. The Morgan fingerprint density at radius 1 is 1.03 bits per heavy atom. The lowest BCUT2D eigenvalue weighted by molar-refractivity contribution is -0.115. The maximum atomic E-state index is 12.5. The minimum atomic E-state index is -0.382. The minimum Gasteiger partial charge on any atom is -0.449 e. The van der Waals surface area contributed by atoms with Crippen LogP contribution in [0.5, 0.6) is 5.75 Å². The SMILES string of the molecule is O=C1Nc2cc(C(=O)NCCCc3ccccc3)ccc2O/C1=C/c1cccc(Cl)c1. The van der Waals surface area contributed by atoms with Crippen molar-refractivity contribution in [3.8, 4) is 5.75 Å². The predicted molar refractivity (Wildman–Crippen MR) is 122 cm³/mol. The van der Waals surface area contributed by atoms with Gasteiger partial charge in [0, 0.05) is 17.1 Å². The number of hydrogen-bond donors (Lipinski definition) is 2. The molecule has 0 bridgehead atoms. The summed E-state index contributed by atoms with van der Waals surface area (Å²) in [5, 5.41) is 6.28. The zero-order valence-corrected chi connectivity index (χ0v) is 17.5. The van der Waals surface area contributed by atoms with Gasteiger partial charge in [-0.1, -0.05) is 54.1 Å². The molecule has 1 aliphatic rings. The van der Waals surface area contributed by atoms with Crippen LogP contribution in [0, 0.1) is 0 Å². The summed E-state index contributed by atoms with van der Waals surface area (Å²) in [6.07, 6.45) is 3.37. The summed E-state index contributed by atoms with van der Waals surface area (Å²) < 4.78 is 5.74. The molecule has 0 spiro atoms. The van der Waals surface area contributed by atoms with E-state index < -0.39 is 0 Å². The van der Waals surface area contributed by atoms with E-state index in [0.717, 1.165) is 18.4 Å². The molecule has 31 heavy (non-hydrogen) atoms. The Bertz CT molecular complexity index is 1140. The lowest BCUT2D eigenvalue weighted by Gasteiger charge is -2.20. The number of carbonyl (C=O) groups is 2. The summed E-state index contributed by atoms with van der Waals surface area (Å²) in [6.45, 7) is 0.570. The van der Waals surface area contributed by atoms with E-state index in [9.17, 15) is 9.59 Å². The summed E-state index contributed by atoms with van der Waals surface area (Å²) in [4.78, 5) is 24.9. The third-order valence-electron chi connectivity index (χ3n) is 4.85. The molecule has 2 N–H and O–H groups in total. The van der Waals surface area contributed by atoms with Gasteiger partial charge in [0.2, 0.25) is 0 Å². The van der Waals surface area contributed by atoms with Gasteiger partial charge in [0.1, 0.15) is 0 Å². The number of rotatable bonds is 6. The van der Waals surface area contributed by atoms with Crippen molar-refractivity contribution >= 4 is 35.2 Å². The van der Waals surface area contributed by atoms with Crippen LogP contribution < -0.4 is 15.4 Å². The molecule has 0 saturated heterocycles. The van der Waals surface area contributed by atoms with Gasteiger partial charge in [-0.25, -0.2) is 0 Å². The van der Waals surface area contributed by atoms with Gasteiger partial charge in [0.05, 0.1) is 5.69 Å². The average molecular weight is 433 g/mol. The van der Waals surface area contributed by atoms with Gasteiger partial charge in [0.15, 0.2) is 11.5 Å². The van der Waals surface area contributed by atoms with E-state index in [-0.39, 0.29) is 17.6 Å². The highest BCUT2D eigenvalue weighted by atomic mass is 35.5. The van der Waals surface area contributed by atoms with E-state index in [2.05, 4.69) is 22.8 Å². The van der Waals surface area contributed by atoms with E-state index in [1.54, 1.807) is 42.5 Å². The van der Waals surface area contributed by atoms with Crippen LogP contribution in [0.1, 0.15) is 27.9 Å². The molecule has 3 aromatic carbocycles. The van der Waals surface area contributed by atoms with Crippen molar-refractivity contribution in [3.05, 3.63) is 100 Å². The summed E-state index contributed by atoms with van der Waals surface area (Å²) in [6, 6.07) is 22.3. The van der Waals surface area contributed by atoms with Crippen LogP contribution in [0.25, 0.3) is 6.08 Å². The van der Waals surface area contributed by atoms with Gasteiger partial charge in [-0.15, -0.1) is 0 Å². The second kappa shape index (κ2) is 9.49. The number of hydrogen-bond acceptors (Lipinski definition) is 3. The second-order valence-electron chi connectivity index (χ2n) is 7.18. The molecule has 6 heteroatoms. The van der Waals surface area contributed by atoms with Crippen molar-refractivity contribution in [3.63, 3.8) is 0 Å². The Morgan fingerprint density at radius 3 is 2.68 bits per heavy atom. The van der Waals surface area contributed by atoms with Gasteiger partial charge in [-0.3, -0.25) is 9.59 Å². The van der Waals surface area contributed by atoms with Gasteiger partial charge >= 0.3 is 0 Å². The van der Waals surface area contributed by atoms with Crippen LogP contribution in [0.15, 0.2) is 78.6 Å². The van der Waals surface area contributed by atoms with E-state index in [1.807, 2.05) is 24.3 Å². The van der Waals surface area contributed by atoms with Crippen LogP contribution in [-0.4, -0.2) is 18.4 Å². The number of amides is 2. The van der Waals surface area contributed by atoms with Gasteiger partial charge in [0.25, 0.3) is 11.8 Å². The molecular weight excluding hydrogens is 412 g/mol. The summed E-state index contributed by atoms with van der Waals surface area (Å²) in [5.41, 5.74) is 2.93. The van der Waals surface area contributed by atoms with Crippen LogP contribution in [0.2, 0.25) is 5.02 Å². The number of anilines is 1. The van der Waals surface area contributed by atoms with E-state index in [0.29, 0.717) is 28.6 Å². The molecule has 4 rings (SSSR count). The molecule has 5 nitrogen and oxygen atoms in total. The van der Waals surface area contributed by atoms with Crippen molar-refractivity contribution in [2.75, 3.05) is 11.9 Å². The molecule has 1 heterocycles. The molecule has 0 fully saturated rings. The molecule has 0 radical (unpaired) electrons. The van der Waals surface area contributed by atoms with Gasteiger partial charge < -0.3 is 15.4 Å². The van der Waals surface area contributed by atoms with Crippen LogP contribution in [0.4, 0.5) is 5.69 Å². The molecule has 0 atom stereocenters. The highest BCUT2D eigenvalue weighted by Crippen LogP contribution is 2.32. The quantitative estimate of drug-likeness (QED) is 0.422. The van der Waals surface area contributed by atoms with Crippen LogP contribution in [0.3, 0.4) is 0 Å². The van der Waals surface area contributed by atoms with Crippen molar-refractivity contribution in [1.29, 1.82) is 0 Å². The van der Waals surface area contributed by atoms with Crippen molar-refractivity contribution in [2.24, 2.45) is 0 Å². The Kier molecular flexibility index (Phi) is 6.34. The zero-order chi connectivity index (χ0) is 21.6. The number of aryl methyl sites for hydroxylation is 1. The second-order valence-corrected chi connectivity index (χ2v) is 7.61. The Labute approximate surface area is 185 Å². The summed E-state index contributed by atoms with van der Waals surface area (Å²) >= 11 is 6.00. The largest absolute Gasteiger partial charge is 0.449 e. The van der Waals surface area contributed by atoms with E-state index >= 15 is 0 Å². The number of halogens is 1. The number of ether oxygens (including phenoxy) is 1. The first-order chi connectivity index (χ1) is 15.1. The average Bonchev–Trinajstić information content (AvgIpc) is 2.77. The smallest absolute Gasteiger partial charge is 0.291 e. The van der Waals surface area contributed by atoms with Crippen molar-refractivity contribution in [1.82, 2.24) is 5.32 Å². The third-order valence-corrected chi connectivity index (χ3v) is 5.09. The predicted octanol–water partition coefficient (Wildman–Crippen LogP) is 5.07. The highest BCUT2D eigenvalue weighted by molar-refractivity contribution is 6.30. The van der Waals surface area contributed by atoms with Crippen molar-refractivity contribution in [2.45, 2.75) is 12.8 Å². The molecule has 0 aromatic heterocycles. The molecule has 0 aliphatic carbocycles. The topological polar surface area (TPSA) is 67.4 Å². The van der Waals surface area contributed by atoms with E-state index in [4.69, 9.17) is 16.3 Å². The molecule has 0 unspecified atom stereocenters. The fraction of sp³-hybridized carbons (Fsp3) is 0.120. The molecule has 3 aromatic rings. The highest BCUT2D eigenvalue weighted by Gasteiger charge is 2.23. The Hall–Kier alpha value is -3.57. The number of fused-ring (bicyclic) bond motifs is 1. The number of carbonyl (C=O) groups excluding carboxylic acids is 2. The molecule has 1 aliphatic heterocycles. The zero-order valence-electron chi connectivity index (χ0n) is 16.7. The first-order valence-electron chi connectivity index (χ1n) is 10.0. The molecule has 2 amide bonds. The van der Waals surface area contributed by atoms with Crippen LogP contribution in [-0.2, 0) is 11.2 Å². The minimum absolute atomic E-state index is 0.160. The summed E-state index contributed by atoms with van der Waals surface area (Å²) in [5.74, 6) is 0.0691. The standard InChI is InChI=1S/C25H21ClN2O3/c26-20-10-4-8-18(14-20)15-23-25(30)28-21-16-19(11-12-22(21)31-23)24(29)27-13-5-9-17-6-2-1-3-7-17/h1-4,6-8,10-12,14-16H,5,9,13H2,(H,27,29)(H,28,30)/b23-15+. The van der Waals surface area contributed by atoms with E-state index in [1.165, 1.54) is 5.56 Å². The van der Waals surface area contributed by atoms with Gasteiger partial charge in [-0.05, 0) is 60.4 Å². The Balaban J connectivity index is 1.38. The Morgan fingerprint density at radius 2 is 1.87 bits per heavy atom. The lowest BCUT2D eigenvalue weighted by atomic mass is 10.1. The third kappa shape index (κ3) is 5.32. The first kappa shape index (κ1) is 20.7. The van der Waals surface area contributed by atoms with Crippen LogP contribution >= 0.6 is 11.6 Å². The normalized spacial score (nSPS) is 13.8. The maximum absolute atomic E-state index is 12.5. The lowest BCUT2D eigenvalue weighted by Crippen LogP contribution is -2.26.